The summed E-state index contributed by atoms with van der Waals surface area (Å²) >= 11 is 15.3. The lowest BCUT2D eigenvalue weighted by atomic mass is 10.1. The summed E-state index contributed by atoms with van der Waals surface area (Å²) in [5.74, 6) is -0.104. The number of hydrogen-bond acceptors (Lipinski definition) is 5. The van der Waals surface area contributed by atoms with Gasteiger partial charge in [0.25, 0.3) is 0 Å². The molecule has 6 nitrogen and oxygen atoms in total. The highest BCUT2D eigenvalue weighted by Gasteiger charge is 2.32. The molecule has 0 N–H and O–H groups in total. The van der Waals surface area contributed by atoms with Crippen LogP contribution in [0.15, 0.2) is 10.5 Å². The van der Waals surface area contributed by atoms with Crippen molar-refractivity contribution < 1.29 is 13.9 Å². The van der Waals surface area contributed by atoms with Gasteiger partial charge in [-0.1, -0.05) is 11.6 Å². The van der Waals surface area contributed by atoms with Crippen molar-refractivity contribution in [2.45, 2.75) is 39.3 Å². The number of benzene rings is 1. The molecule has 2 aromatic rings. The third-order valence-electron chi connectivity index (χ3n) is 4.33. The summed E-state index contributed by atoms with van der Waals surface area (Å²) in [5.41, 5.74) is -0.472. The van der Waals surface area contributed by atoms with E-state index in [2.05, 4.69) is 25.9 Å². The van der Waals surface area contributed by atoms with Crippen LogP contribution in [0.3, 0.4) is 0 Å². The minimum atomic E-state index is -0.589. The molecule has 1 aromatic carbocycles. The van der Waals surface area contributed by atoms with Crippen molar-refractivity contribution in [2.75, 3.05) is 24.5 Å². The highest BCUT2D eigenvalue weighted by molar-refractivity contribution is 9.10. The fraction of sp³-hybridized carbons (Fsp3) is 0.500. The molecule has 1 aliphatic heterocycles. The van der Waals surface area contributed by atoms with Gasteiger partial charge >= 0.3 is 6.09 Å². The molecule has 1 atom stereocenters. The third-order valence-corrected chi connectivity index (χ3v) is 5.81. The van der Waals surface area contributed by atoms with E-state index in [0.29, 0.717) is 30.8 Å². The Morgan fingerprint density at radius 2 is 2.00 bits per heavy atom. The van der Waals surface area contributed by atoms with E-state index in [4.69, 9.17) is 27.9 Å². The maximum Gasteiger partial charge on any atom is 0.410 e. The van der Waals surface area contributed by atoms with Crippen molar-refractivity contribution >= 4 is 61.9 Å². The molecule has 1 fully saturated rings. The molecule has 10 heteroatoms. The van der Waals surface area contributed by atoms with E-state index in [9.17, 15) is 9.18 Å². The molecule has 0 unspecified atom stereocenters. The van der Waals surface area contributed by atoms with Gasteiger partial charge in [-0.2, -0.15) is 4.98 Å². The van der Waals surface area contributed by atoms with E-state index in [1.807, 2.05) is 32.6 Å². The number of amides is 1. The molecular formula is C18H20BrCl2FN4O2. The molecule has 1 amide bonds. The number of piperazine rings is 1. The predicted octanol–water partition coefficient (Wildman–Crippen LogP) is 5.28. The Hall–Kier alpha value is -1.38. The van der Waals surface area contributed by atoms with Crippen molar-refractivity contribution in [3.8, 4) is 0 Å². The SMILES string of the molecule is C[C@@H]1CN(c2nc(Cl)nc3c(F)c(Br)c(Cl)cc23)CCN1C(=O)OC(C)(C)C. The minimum absolute atomic E-state index is 0.0575. The number of fused-ring (bicyclic) bond motifs is 1. The van der Waals surface area contributed by atoms with E-state index >= 15 is 0 Å². The first-order valence-corrected chi connectivity index (χ1v) is 10.3. The van der Waals surface area contributed by atoms with Crippen LogP contribution in [0.2, 0.25) is 10.3 Å². The molecular weight excluding hydrogens is 474 g/mol. The molecule has 28 heavy (non-hydrogen) atoms. The second kappa shape index (κ2) is 7.80. The van der Waals surface area contributed by atoms with Gasteiger partial charge in [-0.3, -0.25) is 0 Å². The van der Waals surface area contributed by atoms with Crippen LogP contribution in [0.25, 0.3) is 10.9 Å². The Morgan fingerprint density at radius 3 is 2.61 bits per heavy atom. The summed E-state index contributed by atoms with van der Waals surface area (Å²) in [6.45, 7) is 8.82. The largest absolute Gasteiger partial charge is 0.444 e. The smallest absolute Gasteiger partial charge is 0.410 e. The van der Waals surface area contributed by atoms with Crippen LogP contribution in [-0.2, 0) is 4.74 Å². The van der Waals surface area contributed by atoms with E-state index in [1.165, 1.54) is 0 Å². The van der Waals surface area contributed by atoms with Gasteiger partial charge in [0.1, 0.15) is 16.9 Å². The van der Waals surface area contributed by atoms with Crippen LogP contribution in [-0.4, -0.2) is 52.2 Å². The molecule has 0 spiro atoms. The molecule has 2 heterocycles. The molecule has 1 aromatic heterocycles. The van der Waals surface area contributed by atoms with Gasteiger partial charge in [0.05, 0.1) is 9.50 Å². The zero-order valence-corrected chi connectivity index (χ0v) is 19.0. The number of aromatic nitrogens is 2. The minimum Gasteiger partial charge on any atom is -0.444 e. The van der Waals surface area contributed by atoms with E-state index in [0.717, 1.165) is 0 Å². The van der Waals surface area contributed by atoms with Crippen LogP contribution in [0.1, 0.15) is 27.7 Å². The number of halogens is 4. The number of carbonyl (C=O) groups excluding carboxylic acids is 1. The van der Waals surface area contributed by atoms with Gasteiger partial charge in [-0.25, -0.2) is 14.2 Å². The molecule has 1 saturated heterocycles. The van der Waals surface area contributed by atoms with Gasteiger partial charge in [-0.05, 0) is 61.3 Å². The maximum absolute atomic E-state index is 14.6. The first kappa shape index (κ1) is 21.3. The number of carbonyl (C=O) groups is 1. The Labute approximate surface area is 181 Å². The van der Waals surface area contributed by atoms with Crippen molar-refractivity contribution in [1.82, 2.24) is 14.9 Å². The maximum atomic E-state index is 14.6. The number of ether oxygens (including phenoxy) is 1. The van der Waals surface area contributed by atoms with Crippen molar-refractivity contribution in [1.29, 1.82) is 0 Å². The first-order valence-electron chi connectivity index (χ1n) is 8.73. The number of rotatable bonds is 1. The summed E-state index contributed by atoms with van der Waals surface area (Å²) in [4.78, 5) is 24.4. The average Bonchev–Trinajstić information content (AvgIpc) is 2.58. The summed E-state index contributed by atoms with van der Waals surface area (Å²) in [7, 11) is 0. The lowest BCUT2D eigenvalue weighted by Crippen LogP contribution is -2.55. The second-order valence-electron chi connectivity index (χ2n) is 7.67. The summed E-state index contributed by atoms with van der Waals surface area (Å²) in [6, 6.07) is 1.48. The molecule has 0 aliphatic carbocycles. The fourth-order valence-corrected chi connectivity index (χ4v) is 3.77. The van der Waals surface area contributed by atoms with Gasteiger partial charge in [-0.15, -0.1) is 0 Å². The quantitative estimate of drug-likeness (QED) is 0.399. The second-order valence-corrected chi connectivity index (χ2v) is 9.21. The Bertz CT molecular complexity index is 938. The molecule has 152 valence electrons. The van der Waals surface area contributed by atoms with Crippen LogP contribution in [0, 0.1) is 5.82 Å². The zero-order valence-electron chi connectivity index (χ0n) is 15.9. The van der Waals surface area contributed by atoms with Crippen LogP contribution in [0.5, 0.6) is 0 Å². The Kier molecular flexibility index (Phi) is 5.94. The van der Waals surface area contributed by atoms with Gasteiger partial charge in [0, 0.05) is 31.1 Å². The summed E-state index contributed by atoms with van der Waals surface area (Å²) in [5, 5.41) is 0.628. The number of nitrogens with zero attached hydrogens (tertiary/aromatic N) is 4. The summed E-state index contributed by atoms with van der Waals surface area (Å²) < 4.78 is 20.2. The highest BCUT2D eigenvalue weighted by Crippen LogP contribution is 2.36. The monoisotopic (exact) mass is 492 g/mol. The van der Waals surface area contributed by atoms with Crippen molar-refractivity contribution in [3.63, 3.8) is 0 Å². The molecule has 1 aliphatic rings. The van der Waals surface area contributed by atoms with E-state index in [1.54, 1.807) is 11.0 Å². The predicted molar refractivity (Wildman–Crippen MR) is 112 cm³/mol. The van der Waals surface area contributed by atoms with E-state index < -0.39 is 11.4 Å². The van der Waals surface area contributed by atoms with Crippen molar-refractivity contribution in [2.24, 2.45) is 0 Å². The van der Waals surface area contributed by atoms with Gasteiger partial charge < -0.3 is 14.5 Å². The standard InChI is InChI=1S/C18H20BrCl2FN4O2/c1-9-8-25(5-6-26(9)17(27)28-18(2,3)4)15-10-7-11(20)12(19)13(22)14(10)23-16(21)24-15/h7,9H,5-6,8H2,1-4H3/t9-/m1/s1. The normalized spacial score (nSPS) is 17.9. The summed E-state index contributed by atoms with van der Waals surface area (Å²) in [6.07, 6.45) is -0.358. The van der Waals surface area contributed by atoms with Crippen molar-refractivity contribution in [3.05, 3.63) is 26.7 Å². The fourth-order valence-electron chi connectivity index (χ4n) is 3.11. The number of anilines is 1. The highest BCUT2D eigenvalue weighted by atomic mass is 79.9. The average molecular weight is 494 g/mol. The van der Waals surface area contributed by atoms with Crippen LogP contribution >= 0.6 is 39.1 Å². The van der Waals surface area contributed by atoms with Gasteiger partial charge in [0.2, 0.25) is 5.28 Å². The Morgan fingerprint density at radius 1 is 1.32 bits per heavy atom. The van der Waals surface area contributed by atoms with Crippen LogP contribution in [0.4, 0.5) is 15.0 Å². The zero-order chi connectivity index (χ0) is 20.8. The Balaban J connectivity index is 1.92. The lowest BCUT2D eigenvalue weighted by Gasteiger charge is -2.41. The molecule has 3 rings (SSSR count). The molecule has 0 saturated carbocycles. The van der Waals surface area contributed by atoms with E-state index in [-0.39, 0.29) is 32.4 Å². The van der Waals surface area contributed by atoms with Crippen LogP contribution < -0.4 is 4.90 Å². The third kappa shape index (κ3) is 4.28. The first-order chi connectivity index (χ1) is 13.0. The molecule has 0 bridgehead atoms. The lowest BCUT2D eigenvalue weighted by molar-refractivity contribution is 0.0159. The molecule has 0 radical (unpaired) electrons. The van der Waals surface area contributed by atoms with Gasteiger partial charge in [0.15, 0.2) is 5.82 Å². The topological polar surface area (TPSA) is 58.6 Å². The number of hydrogen-bond donors (Lipinski definition) is 0.